The normalized spacial score (nSPS) is 24.8. The molecule has 0 aromatic rings. The van der Waals surface area contributed by atoms with Crippen LogP contribution in [0.4, 0.5) is 0 Å². The number of rotatable bonds is 2. The summed E-state index contributed by atoms with van der Waals surface area (Å²) in [5, 5.41) is 3.06. The largest absolute Gasteiger partial charge is 0.379 e. The predicted octanol–water partition coefficient (Wildman–Crippen LogP) is 0.478. The van der Waals surface area contributed by atoms with Gasteiger partial charge in [0.25, 0.3) is 0 Å². The SMILES string of the molecule is CC(C)NC(N)=NC1CCCOC1. The van der Waals surface area contributed by atoms with Crippen molar-refractivity contribution in [2.24, 2.45) is 10.7 Å². The first-order valence-electron chi connectivity index (χ1n) is 4.86. The van der Waals surface area contributed by atoms with Crippen LogP contribution in [0.5, 0.6) is 0 Å². The van der Waals surface area contributed by atoms with Crippen LogP contribution in [0.3, 0.4) is 0 Å². The van der Waals surface area contributed by atoms with E-state index in [1.165, 1.54) is 0 Å². The van der Waals surface area contributed by atoms with Crippen LogP contribution in [0.1, 0.15) is 26.7 Å². The van der Waals surface area contributed by atoms with Crippen molar-refractivity contribution in [2.45, 2.75) is 38.8 Å². The Hall–Kier alpha value is -0.770. The van der Waals surface area contributed by atoms with E-state index in [0.29, 0.717) is 18.6 Å². The molecule has 1 saturated heterocycles. The molecule has 13 heavy (non-hydrogen) atoms. The summed E-state index contributed by atoms with van der Waals surface area (Å²) in [6.07, 6.45) is 2.17. The topological polar surface area (TPSA) is 59.6 Å². The van der Waals surface area contributed by atoms with Crippen molar-refractivity contribution in [3.63, 3.8) is 0 Å². The molecular formula is C9H19N3O. The molecule has 3 N–H and O–H groups in total. The summed E-state index contributed by atoms with van der Waals surface area (Å²) in [6, 6.07) is 0.591. The number of nitrogens with one attached hydrogen (secondary N) is 1. The summed E-state index contributed by atoms with van der Waals surface area (Å²) >= 11 is 0. The molecule has 76 valence electrons. The van der Waals surface area contributed by atoms with Gasteiger partial charge in [0, 0.05) is 12.6 Å². The number of nitrogens with two attached hydrogens (primary N) is 1. The Morgan fingerprint density at radius 2 is 2.38 bits per heavy atom. The van der Waals surface area contributed by atoms with Gasteiger partial charge in [0.2, 0.25) is 0 Å². The Morgan fingerprint density at radius 1 is 1.62 bits per heavy atom. The summed E-state index contributed by atoms with van der Waals surface area (Å²) < 4.78 is 5.30. The highest BCUT2D eigenvalue weighted by Gasteiger charge is 2.12. The van der Waals surface area contributed by atoms with Crippen LogP contribution in [0.25, 0.3) is 0 Å². The average molecular weight is 185 g/mol. The van der Waals surface area contributed by atoms with Gasteiger partial charge in [-0.25, -0.2) is 4.99 Å². The summed E-state index contributed by atoms with van der Waals surface area (Å²) in [7, 11) is 0. The highest BCUT2D eigenvalue weighted by Crippen LogP contribution is 2.08. The minimum Gasteiger partial charge on any atom is -0.379 e. The first-order chi connectivity index (χ1) is 6.18. The number of guanidine groups is 1. The zero-order chi connectivity index (χ0) is 9.68. The fourth-order valence-corrected chi connectivity index (χ4v) is 1.36. The van der Waals surface area contributed by atoms with E-state index in [0.717, 1.165) is 19.4 Å². The van der Waals surface area contributed by atoms with Gasteiger partial charge >= 0.3 is 0 Å². The highest BCUT2D eigenvalue weighted by molar-refractivity contribution is 5.78. The van der Waals surface area contributed by atoms with E-state index in [-0.39, 0.29) is 6.04 Å². The number of ether oxygens (including phenoxy) is 1. The van der Waals surface area contributed by atoms with Gasteiger partial charge in [0.05, 0.1) is 12.6 Å². The van der Waals surface area contributed by atoms with Gasteiger partial charge < -0.3 is 15.8 Å². The summed E-state index contributed by atoms with van der Waals surface area (Å²) in [6.45, 7) is 5.66. The second kappa shape index (κ2) is 5.07. The highest BCUT2D eigenvalue weighted by atomic mass is 16.5. The van der Waals surface area contributed by atoms with Crippen LogP contribution in [-0.2, 0) is 4.74 Å². The lowest BCUT2D eigenvalue weighted by molar-refractivity contribution is 0.0827. The fraction of sp³-hybridized carbons (Fsp3) is 0.889. The lowest BCUT2D eigenvalue weighted by Crippen LogP contribution is -2.38. The molecule has 4 heteroatoms. The van der Waals surface area contributed by atoms with E-state index in [1.807, 2.05) is 13.8 Å². The van der Waals surface area contributed by atoms with E-state index in [9.17, 15) is 0 Å². The Kier molecular flexibility index (Phi) is 4.02. The minimum atomic E-state index is 0.250. The minimum absolute atomic E-state index is 0.250. The average Bonchev–Trinajstić information content (AvgIpc) is 2.04. The number of aliphatic imine (C=N–C) groups is 1. The summed E-state index contributed by atoms with van der Waals surface area (Å²) in [5.41, 5.74) is 5.69. The quantitative estimate of drug-likeness (QED) is 0.486. The molecule has 1 rings (SSSR count). The monoisotopic (exact) mass is 185 g/mol. The lowest BCUT2D eigenvalue weighted by Gasteiger charge is -2.19. The standard InChI is InChI=1S/C9H19N3O/c1-7(2)11-9(10)12-8-4-3-5-13-6-8/h7-8H,3-6H2,1-2H3,(H3,10,11,12). The molecule has 0 spiro atoms. The molecule has 0 amide bonds. The van der Waals surface area contributed by atoms with Crippen LogP contribution in [0, 0.1) is 0 Å². The molecule has 0 aliphatic carbocycles. The van der Waals surface area contributed by atoms with Crippen molar-refractivity contribution in [3.05, 3.63) is 0 Å². The van der Waals surface area contributed by atoms with Crippen molar-refractivity contribution in [3.8, 4) is 0 Å². The van der Waals surface area contributed by atoms with Crippen molar-refractivity contribution in [2.75, 3.05) is 13.2 Å². The molecule has 0 bridgehead atoms. The molecule has 4 nitrogen and oxygen atoms in total. The predicted molar refractivity (Wildman–Crippen MR) is 53.7 cm³/mol. The van der Waals surface area contributed by atoms with E-state index >= 15 is 0 Å². The third-order valence-corrected chi connectivity index (χ3v) is 1.89. The van der Waals surface area contributed by atoms with Gasteiger partial charge in [-0.1, -0.05) is 0 Å². The van der Waals surface area contributed by atoms with E-state index < -0.39 is 0 Å². The number of hydrogen-bond acceptors (Lipinski definition) is 2. The van der Waals surface area contributed by atoms with Crippen molar-refractivity contribution in [1.82, 2.24) is 5.32 Å². The van der Waals surface area contributed by atoms with Crippen LogP contribution in [-0.4, -0.2) is 31.3 Å². The lowest BCUT2D eigenvalue weighted by atomic mass is 10.1. The van der Waals surface area contributed by atoms with E-state index in [4.69, 9.17) is 10.5 Å². The summed E-state index contributed by atoms with van der Waals surface area (Å²) in [4.78, 5) is 4.33. The molecule has 0 saturated carbocycles. The van der Waals surface area contributed by atoms with Gasteiger partial charge in [-0.2, -0.15) is 0 Å². The molecule has 1 fully saturated rings. The van der Waals surface area contributed by atoms with E-state index in [1.54, 1.807) is 0 Å². The third-order valence-electron chi connectivity index (χ3n) is 1.89. The Balaban J connectivity index is 2.34. The first-order valence-corrected chi connectivity index (χ1v) is 4.86. The van der Waals surface area contributed by atoms with Crippen LogP contribution < -0.4 is 11.1 Å². The van der Waals surface area contributed by atoms with Crippen molar-refractivity contribution >= 4 is 5.96 Å². The van der Waals surface area contributed by atoms with Crippen LogP contribution in [0.2, 0.25) is 0 Å². The zero-order valence-electron chi connectivity index (χ0n) is 8.42. The maximum atomic E-state index is 5.69. The maximum Gasteiger partial charge on any atom is 0.189 e. The van der Waals surface area contributed by atoms with Crippen molar-refractivity contribution < 1.29 is 4.74 Å². The Bertz CT molecular complexity index is 174. The Morgan fingerprint density at radius 3 is 2.92 bits per heavy atom. The third kappa shape index (κ3) is 4.12. The number of hydrogen-bond donors (Lipinski definition) is 2. The fourth-order valence-electron chi connectivity index (χ4n) is 1.36. The maximum absolute atomic E-state index is 5.69. The molecule has 1 aliphatic heterocycles. The molecule has 1 atom stereocenters. The Labute approximate surface area is 79.6 Å². The molecule has 0 aromatic carbocycles. The van der Waals surface area contributed by atoms with Crippen LogP contribution >= 0.6 is 0 Å². The molecule has 1 unspecified atom stereocenters. The second-order valence-corrected chi connectivity index (χ2v) is 3.68. The molecule has 1 heterocycles. The number of nitrogens with zero attached hydrogens (tertiary/aromatic N) is 1. The van der Waals surface area contributed by atoms with Gasteiger partial charge in [0.15, 0.2) is 5.96 Å². The van der Waals surface area contributed by atoms with Crippen LogP contribution in [0.15, 0.2) is 4.99 Å². The molecular weight excluding hydrogens is 166 g/mol. The smallest absolute Gasteiger partial charge is 0.189 e. The van der Waals surface area contributed by atoms with Gasteiger partial charge in [-0.3, -0.25) is 0 Å². The first kappa shape index (κ1) is 10.3. The van der Waals surface area contributed by atoms with Gasteiger partial charge in [0.1, 0.15) is 0 Å². The zero-order valence-corrected chi connectivity index (χ0v) is 8.42. The van der Waals surface area contributed by atoms with Crippen molar-refractivity contribution in [1.29, 1.82) is 0 Å². The second-order valence-electron chi connectivity index (χ2n) is 3.68. The summed E-state index contributed by atoms with van der Waals surface area (Å²) in [5.74, 6) is 0.533. The van der Waals surface area contributed by atoms with Gasteiger partial charge in [-0.05, 0) is 26.7 Å². The molecule has 0 aromatic heterocycles. The van der Waals surface area contributed by atoms with Gasteiger partial charge in [-0.15, -0.1) is 0 Å². The molecule has 1 aliphatic rings. The van der Waals surface area contributed by atoms with E-state index in [2.05, 4.69) is 10.3 Å². The molecule has 0 radical (unpaired) electrons.